The third-order valence-corrected chi connectivity index (χ3v) is 5.48. The standard InChI is InChI=1S/C24H32N2O4/c1-15(2)12-13-26(23(28)19-10-8-16(3)9-11-19)14-20(27)21-17(4)22(24(29)30-7)25(6)18(21)5/h8-11,15H,12-14H2,1-7H3. The monoisotopic (exact) mass is 412 g/mol. The Hall–Kier alpha value is -2.89. The number of benzene rings is 1. The fourth-order valence-electron chi connectivity index (χ4n) is 3.57. The third-order valence-electron chi connectivity index (χ3n) is 5.48. The normalized spacial score (nSPS) is 10.9. The van der Waals surface area contributed by atoms with E-state index in [1.54, 1.807) is 42.5 Å². The molecule has 6 heteroatoms. The number of aromatic nitrogens is 1. The van der Waals surface area contributed by atoms with Crippen molar-refractivity contribution < 1.29 is 19.1 Å². The van der Waals surface area contributed by atoms with E-state index in [2.05, 4.69) is 13.8 Å². The molecule has 0 aliphatic rings. The van der Waals surface area contributed by atoms with Crippen LogP contribution in [0.25, 0.3) is 0 Å². The van der Waals surface area contributed by atoms with Gasteiger partial charge in [0.15, 0.2) is 5.78 Å². The molecule has 0 aliphatic heterocycles. The summed E-state index contributed by atoms with van der Waals surface area (Å²) in [6, 6.07) is 7.37. The van der Waals surface area contributed by atoms with Crippen molar-refractivity contribution in [3.05, 3.63) is 57.9 Å². The molecule has 2 aromatic rings. The van der Waals surface area contributed by atoms with Gasteiger partial charge in [0.25, 0.3) is 5.91 Å². The molecule has 0 saturated heterocycles. The molecule has 1 amide bonds. The number of amides is 1. The van der Waals surface area contributed by atoms with Crippen LogP contribution in [0.4, 0.5) is 0 Å². The molecular weight excluding hydrogens is 380 g/mol. The van der Waals surface area contributed by atoms with Crippen molar-refractivity contribution in [3.8, 4) is 0 Å². The number of hydrogen-bond acceptors (Lipinski definition) is 4. The molecule has 162 valence electrons. The molecule has 1 aromatic carbocycles. The highest BCUT2D eigenvalue weighted by atomic mass is 16.5. The predicted octanol–water partition coefficient (Wildman–Crippen LogP) is 4.11. The first-order valence-electron chi connectivity index (χ1n) is 10.2. The summed E-state index contributed by atoms with van der Waals surface area (Å²) in [5.74, 6) is -0.424. The van der Waals surface area contributed by atoms with Gasteiger partial charge in [-0.25, -0.2) is 4.79 Å². The first-order valence-corrected chi connectivity index (χ1v) is 10.2. The second-order valence-corrected chi connectivity index (χ2v) is 8.18. The molecule has 0 fully saturated rings. The highest BCUT2D eigenvalue weighted by Crippen LogP contribution is 2.23. The summed E-state index contributed by atoms with van der Waals surface area (Å²) in [4.78, 5) is 40.1. The molecule has 0 aliphatic carbocycles. The van der Waals surface area contributed by atoms with E-state index < -0.39 is 5.97 Å². The van der Waals surface area contributed by atoms with Crippen molar-refractivity contribution in [1.29, 1.82) is 0 Å². The summed E-state index contributed by atoms with van der Waals surface area (Å²) in [6.45, 7) is 10.1. The van der Waals surface area contributed by atoms with E-state index in [0.717, 1.165) is 12.0 Å². The zero-order valence-corrected chi connectivity index (χ0v) is 19.0. The summed E-state index contributed by atoms with van der Waals surface area (Å²) in [5.41, 5.74) is 3.74. The Balaban J connectivity index is 2.36. The minimum atomic E-state index is -0.482. The van der Waals surface area contributed by atoms with Gasteiger partial charge in [-0.1, -0.05) is 31.5 Å². The van der Waals surface area contributed by atoms with Crippen LogP contribution in [-0.4, -0.2) is 47.3 Å². The zero-order valence-electron chi connectivity index (χ0n) is 19.0. The Kier molecular flexibility index (Phi) is 7.59. The smallest absolute Gasteiger partial charge is 0.354 e. The Bertz CT molecular complexity index is 939. The van der Waals surface area contributed by atoms with Gasteiger partial charge in [0.05, 0.1) is 13.7 Å². The molecule has 1 aromatic heterocycles. The maximum absolute atomic E-state index is 13.2. The molecule has 0 spiro atoms. The number of rotatable bonds is 8. The Labute approximate surface area is 178 Å². The molecule has 0 unspecified atom stereocenters. The quantitative estimate of drug-likeness (QED) is 0.483. The lowest BCUT2D eigenvalue weighted by molar-refractivity contribution is 0.0588. The summed E-state index contributed by atoms with van der Waals surface area (Å²) in [6.07, 6.45) is 0.797. The van der Waals surface area contributed by atoms with Gasteiger partial charge >= 0.3 is 5.97 Å². The molecule has 1 heterocycles. The molecule has 0 N–H and O–H groups in total. The van der Waals surface area contributed by atoms with E-state index in [9.17, 15) is 14.4 Å². The molecular formula is C24H32N2O4. The minimum Gasteiger partial charge on any atom is -0.464 e. The van der Waals surface area contributed by atoms with Crippen LogP contribution in [0.3, 0.4) is 0 Å². The predicted molar refractivity (Wildman–Crippen MR) is 117 cm³/mol. The van der Waals surface area contributed by atoms with Crippen LogP contribution in [0.2, 0.25) is 0 Å². The van der Waals surface area contributed by atoms with Gasteiger partial charge in [0, 0.05) is 30.4 Å². The number of esters is 1. The molecule has 6 nitrogen and oxygen atoms in total. The largest absolute Gasteiger partial charge is 0.464 e. The maximum Gasteiger partial charge on any atom is 0.354 e. The number of Topliss-reactive ketones (excluding diaryl/α,β-unsaturated/α-hetero) is 1. The molecule has 0 bridgehead atoms. The van der Waals surface area contributed by atoms with E-state index in [-0.39, 0.29) is 18.2 Å². The number of carbonyl (C=O) groups excluding carboxylic acids is 3. The van der Waals surface area contributed by atoms with Crippen molar-refractivity contribution >= 4 is 17.7 Å². The van der Waals surface area contributed by atoms with Gasteiger partial charge in [-0.15, -0.1) is 0 Å². The summed E-state index contributed by atoms with van der Waals surface area (Å²) < 4.78 is 6.54. The number of nitrogens with zero attached hydrogens (tertiary/aromatic N) is 2. The van der Waals surface area contributed by atoms with Gasteiger partial charge in [0.1, 0.15) is 5.69 Å². The third kappa shape index (κ3) is 4.99. The zero-order chi connectivity index (χ0) is 22.6. The number of aryl methyl sites for hydroxylation is 1. The van der Waals surface area contributed by atoms with Crippen molar-refractivity contribution in [2.75, 3.05) is 20.2 Å². The van der Waals surface area contributed by atoms with Crippen molar-refractivity contribution in [3.63, 3.8) is 0 Å². The van der Waals surface area contributed by atoms with Gasteiger partial charge < -0.3 is 14.2 Å². The van der Waals surface area contributed by atoms with Crippen LogP contribution in [0.1, 0.15) is 68.3 Å². The van der Waals surface area contributed by atoms with E-state index in [1.807, 2.05) is 19.1 Å². The molecule has 0 saturated carbocycles. The van der Waals surface area contributed by atoms with Gasteiger partial charge in [0.2, 0.25) is 0 Å². The van der Waals surface area contributed by atoms with Crippen molar-refractivity contribution in [1.82, 2.24) is 9.47 Å². The van der Waals surface area contributed by atoms with E-state index >= 15 is 0 Å². The van der Waals surface area contributed by atoms with E-state index in [0.29, 0.717) is 40.5 Å². The lowest BCUT2D eigenvalue weighted by Gasteiger charge is -2.23. The van der Waals surface area contributed by atoms with E-state index in [4.69, 9.17) is 4.74 Å². The number of carbonyl (C=O) groups is 3. The molecule has 2 rings (SSSR count). The first kappa shape index (κ1) is 23.4. The topological polar surface area (TPSA) is 68.6 Å². The van der Waals surface area contributed by atoms with Gasteiger partial charge in [-0.2, -0.15) is 0 Å². The average Bonchev–Trinajstić information content (AvgIpc) is 2.93. The lowest BCUT2D eigenvalue weighted by atomic mass is 10.0. The van der Waals surface area contributed by atoms with Crippen LogP contribution >= 0.6 is 0 Å². The van der Waals surface area contributed by atoms with Gasteiger partial charge in [-0.05, 0) is 50.8 Å². The highest BCUT2D eigenvalue weighted by Gasteiger charge is 2.27. The average molecular weight is 413 g/mol. The van der Waals surface area contributed by atoms with Crippen LogP contribution in [0, 0.1) is 26.7 Å². The summed E-state index contributed by atoms with van der Waals surface area (Å²) in [5, 5.41) is 0. The number of ketones is 1. The Morgan fingerprint density at radius 3 is 2.20 bits per heavy atom. The SMILES string of the molecule is COC(=O)c1c(C)c(C(=O)CN(CCC(C)C)C(=O)c2ccc(C)cc2)c(C)n1C. The highest BCUT2D eigenvalue weighted by molar-refractivity contribution is 6.06. The lowest BCUT2D eigenvalue weighted by Crippen LogP contribution is -2.37. The first-order chi connectivity index (χ1) is 14.1. The number of methoxy groups -OCH3 is 1. The number of hydrogen-bond donors (Lipinski definition) is 0. The molecule has 30 heavy (non-hydrogen) atoms. The number of ether oxygens (including phenoxy) is 1. The maximum atomic E-state index is 13.2. The van der Waals surface area contributed by atoms with Crippen molar-refractivity contribution in [2.45, 2.75) is 41.0 Å². The second-order valence-electron chi connectivity index (χ2n) is 8.18. The Morgan fingerprint density at radius 1 is 1.07 bits per heavy atom. The summed E-state index contributed by atoms with van der Waals surface area (Å²) in [7, 11) is 3.05. The van der Waals surface area contributed by atoms with Crippen LogP contribution in [-0.2, 0) is 11.8 Å². The summed E-state index contributed by atoms with van der Waals surface area (Å²) >= 11 is 0. The van der Waals surface area contributed by atoms with Gasteiger partial charge in [-0.3, -0.25) is 9.59 Å². The molecule has 0 radical (unpaired) electrons. The van der Waals surface area contributed by atoms with Crippen LogP contribution < -0.4 is 0 Å². The second kappa shape index (κ2) is 9.74. The molecule has 0 atom stereocenters. The fourth-order valence-corrected chi connectivity index (χ4v) is 3.57. The van der Waals surface area contributed by atoms with E-state index in [1.165, 1.54) is 7.11 Å². The van der Waals surface area contributed by atoms with Crippen LogP contribution in [0.5, 0.6) is 0 Å². The van der Waals surface area contributed by atoms with Crippen LogP contribution in [0.15, 0.2) is 24.3 Å². The fraction of sp³-hybridized carbons (Fsp3) is 0.458. The van der Waals surface area contributed by atoms with Crippen molar-refractivity contribution in [2.24, 2.45) is 13.0 Å². The Morgan fingerprint density at radius 2 is 1.67 bits per heavy atom. The minimum absolute atomic E-state index is 0.0360.